The summed E-state index contributed by atoms with van der Waals surface area (Å²) in [5.41, 5.74) is 1.09. The number of benzene rings is 1. The SMILES string of the molecule is Cc1cc2c(N3CCCC3)nc(-c3ccccc3)nc2s1. The Morgan fingerprint density at radius 1 is 1.05 bits per heavy atom. The minimum atomic E-state index is 0.840. The van der Waals surface area contributed by atoms with Gasteiger partial charge in [0.1, 0.15) is 10.6 Å². The molecule has 1 aliphatic heterocycles. The van der Waals surface area contributed by atoms with Crippen molar-refractivity contribution in [2.75, 3.05) is 18.0 Å². The van der Waals surface area contributed by atoms with Crippen LogP contribution in [0.4, 0.5) is 5.82 Å². The summed E-state index contributed by atoms with van der Waals surface area (Å²) in [6.07, 6.45) is 2.52. The molecule has 1 aliphatic rings. The molecule has 0 atom stereocenters. The van der Waals surface area contributed by atoms with Gasteiger partial charge in [0.05, 0.1) is 5.39 Å². The fourth-order valence-corrected chi connectivity index (χ4v) is 3.79. The van der Waals surface area contributed by atoms with Crippen molar-refractivity contribution in [2.24, 2.45) is 0 Å². The molecular weight excluding hydrogens is 278 g/mol. The van der Waals surface area contributed by atoms with Gasteiger partial charge in [0.2, 0.25) is 0 Å². The first-order chi connectivity index (χ1) is 10.3. The fraction of sp³-hybridized carbons (Fsp3) is 0.294. The van der Waals surface area contributed by atoms with Crippen LogP contribution < -0.4 is 4.90 Å². The summed E-state index contributed by atoms with van der Waals surface area (Å²) in [4.78, 5) is 14.5. The van der Waals surface area contributed by atoms with Crippen molar-refractivity contribution in [2.45, 2.75) is 19.8 Å². The zero-order valence-electron chi connectivity index (χ0n) is 12.0. The zero-order chi connectivity index (χ0) is 14.2. The van der Waals surface area contributed by atoms with E-state index in [2.05, 4.69) is 30.0 Å². The van der Waals surface area contributed by atoms with E-state index in [0.29, 0.717) is 0 Å². The third-order valence-corrected chi connectivity index (χ3v) is 4.88. The van der Waals surface area contributed by atoms with E-state index in [1.165, 1.54) is 23.1 Å². The molecule has 1 aromatic carbocycles. The van der Waals surface area contributed by atoms with Crippen molar-refractivity contribution in [1.29, 1.82) is 0 Å². The van der Waals surface area contributed by atoms with Crippen LogP contribution in [0.15, 0.2) is 36.4 Å². The topological polar surface area (TPSA) is 29.0 Å². The van der Waals surface area contributed by atoms with Gasteiger partial charge in [0, 0.05) is 23.5 Å². The second-order valence-electron chi connectivity index (χ2n) is 5.51. The Bertz CT molecular complexity index is 773. The molecule has 0 amide bonds. The Morgan fingerprint density at radius 3 is 2.57 bits per heavy atom. The molecule has 1 fully saturated rings. The third kappa shape index (κ3) is 2.29. The fourth-order valence-electron chi connectivity index (χ4n) is 2.91. The van der Waals surface area contributed by atoms with Crippen molar-refractivity contribution < 1.29 is 0 Å². The lowest BCUT2D eigenvalue weighted by Gasteiger charge is -2.18. The highest BCUT2D eigenvalue weighted by molar-refractivity contribution is 7.18. The molecule has 0 spiro atoms. The molecular formula is C17H17N3S. The van der Waals surface area contributed by atoms with Gasteiger partial charge < -0.3 is 4.90 Å². The number of nitrogens with zero attached hydrogens (tertiary/aromatic N) is 3. The normalized spacial score (nSPS) is 15.0. The standard InChI is InChI=1S/C17H17N3S/c1-12-11-14-16(20-9-5-6-10-20)18-15(19-17(14)21-12)13-7-3-2-4-8-13/h2-4,7-8,11H,5-6,9-10H2,1H3. The van der Waals surface area contributed by atoms with Gasteiger partial charge in [-0.05, 0) is 25.8 Å². The minimum Gasteiger partial charge on any atom is -0.356 e. The predicted octanol–water partition coefficient (Wildman–Crippen LogP) is 4.27. The van der Waals surface area contributed by atoms with E-state index in [4.69, 9.17) is 9.97 Å². The maximum absolute atomic E-state index is 4.89. The first kappa shape index (κ1) is 12.8. The van der Waals surface area contributed by atoms with Crippen LogP contribution in [0.2, 0.25) is 0 Å². The van der Waals surface area contributed by atoms with Crippen LogP contribution in [-0.2, 0) is 0 Å². The average molecular weight is 295 g/mol. The molecule has 0 aliphatic carbocycles. The quantitative estimate of drug-likeness (QED) is 0.707. The lowest BCUT2D eigenvalue weighted by molar-refractivity contribution is 0.942. The summed E-state index contributed by atoms with van der Waals surface area (Å²) >= 11 is 1.76. The summed E-state index contributed by atoms with van der Waals surface area (Å²) in [6, 6.07) is 12.5. The van der Waals surface area contributed by atoms with Gasteiger partial charge in [-0.1, -0.05) is 30.3 Å². The van der Waals surface area contributed by atoms with E-state index < -0.39 is 0 Å². The van der Waals surface area contributed by atoms with Crippen LogP contribution in [0.1, 0.15) is 17.7 Å². The lowest BCUT2D eigenvalue weighted by atomic mass is 10.2. The van der Waals surface area contributed by atoms with Gasteiger partial charge >= 0.3 is 0 Å². The van der Waals surface area contributed by atoms with E-state index in [1.807, 2.05) is 18.2 Å². The molecule has 1 saturated heterocycles. The number of fused-ring (bicyclic) bond motifs is 1. The molecule has 2 aromatic heterocycles. The van der Waals surface area contributed by atoms with Gasteiger partial charge in [0.15, 0.2) is 5.82 Å². The van der Waals surface area contributed by atoms with E-state index in [9.17, 15) is 0 Å². The number of aromatic nitrogens is 2. The Morgan fingerprint density at radius 2 is 1.81 bits per heavy atom. The zero-order valence-corrected chi connectivity index (χ0v) is 12.9. The highest BCUT2D eigenvalue weighted by atomic mass is 32.1. The number of hydrogen-bond acceptors (Lipinski definition) is 4. The molecule has 0 bridgehead atoms. The molecule has 4 rings (SSSR count). The third-order valence-electron chi connectivity index (χ3n) is 3.93. The van der Waals surface area contributed by atoms with Crippen LogP contribution in [-0.4, -0.2) is 23.1 Å². The van der Waals surface area contributed by atoms with Crippen LogP contribution >= 0.6 is 11.3 Å². The number of anilines is 1. The maximum atomic E-state index is 4.89. The second kappa shape index (κ2) is 5.11. The Kier molecular flexibility index (Phi) is 3.11. The van der Waals surface area contributed by atoms with Crippen LogP contribution in [0.25, 0.3) is 21.6 Å². The first-order valence-corrected chi connectivity index (χ1v) is 8.21. The summed E-state index contributed by atoms with van der Waals surface area (Å²) in [5.74, 6) is 1.95. The van der Waals surface area contributed by atoms with Gasteiger partial charge in [-0.3, -0.25) is 0 Å². The van der Waals surface area contributed by atoms with Crippen LogP contribution in [0.5, 0.6) is 0 Å². The van der Waals surface area contributed by atoms with E-state index in [1.54, 1.807) is 11.3 Å². The molecule has 3 aromatic rings. The Labute approximate surface area is 128 Å². The van der Waals surface area contributed by atoms with Gasteiger partial charge in [-0.2, -0.15) is 0 Å². The minimum absolute atomic E-state index is 0.840. The van der Waals surface area contributed by atoms with Crippen molar-refractivity contribution >= 4 is 27.4 Å². The highest BCUT2D eigenvalue weighted by Gasteiger charge is 2.19. The molecule has 0 N–H and O–H groups in total. The van der Waals surface area contributed by atoms with Gasteiger partial charge in [0.25, 0.3) is 0 Å². The molecule has 3 heterocycles. The highest BCUT2D eigenvalue weighted by Crippen LogP contribution is 2.34. The average Bonchev–Trinajstić information content (AvgIpc) is 3.15. The van der Waals surface area contributed by atoms with Crippen molar-refractivity contribution in [3.8, 4) is 11.4 Å². The van der Waals surface area contributed by atoms with Crippen molar-refractivity contribution in [3.05, 3.63) is 41.3 Å². The monoisotopic (exact) mass is 295 g/mol. The molecule has 3 nitrogen and oxygen atoms in total. The summed E-state index contributed by atoms with van der Waals surface area (Å²) in [7, 11) is 0. The first-order valence-electron chi connectivity index (χ1n) is 7.40. The lowest BCUT2D eigenvalue weighted by Crippen LogP contribution is -2.19. The smallest absolute Gasteiger partial charge is 0.163 e. The Balaban J connectivity index is 1.93. The molecule has 21 heavy (non-hydrogen) atoms. The van der Waals surface area contributed by atoms with Crippen molar-refractivity contribution in [1.82, 2.24) is 9.97 Å². The van der Waals surface area contributed by atoms with Crippen molar-refractivity contribution in [3.63, 3.8) is 0 Å². The van der Waals surface area contributed by atoms with E-state index in [-0.39, 0.29) is 0 Å². The number of rotatable bonds is 2. The summed E-state index contributed by atoms with van der Waals surface area (Å²) in [6.45, 7) is 4.35. The van der Waals surface area contributed by atoms with E-state index >= 15 is 0 Å². The van der Waals surface area contributed by atoms with Crippen LogP contribution in [0.3, 0.4) is 0 Å². The summed E-state index contributed by atoms with van der Waals surface area (Å²) < 4.78 is 0. The molecule has 0 radical (unpaired) electrons. The Hall–Kier alpha value is -1.94. The predicted molar refractivity (Wildman–Crippen MR) is 89.0 cm³/mol. The molecule has 0 saturated carbocycles. The molecule has 106 valence electrons. The number of hydrogen-bond donors (Lipinski definition) is 0. The molecule has 0 unspecified atom stereocenters. The largest absolute Gasteiger partial charge is 0.356 e. The van der Waals surface area contributed by atoms with E-state index in [0.717, 1.165) is 35.1 Å². The summed E-state index contributed by atoms with van der Waals surface area (Å²) in [5, 5.41) is 1.21. The second-order valence-corrected chi connectivity index (χ2v) is 6.74. The maximum Gasteiger partial charge on any atom is 0.163 e. The van der Waals surface area contributed by atoms with Gasteiger partial charge in [-0.15, -0.1) is 11.3 Å². The number of aryl methyl sites for hydroxylation is 1. The van der Waals surface area contributed by atoms with Crippen LogP contribution in [0, 0.1) is 6.92 Å². The number of thiophene rings is 1. The molecule has 4 heteroatoms. The van der Waals surface area contributed by atoms with Gasteiger partial charge in [-0.25, -0.2) is 9.97 Å².